The van der Waals surface area contributed by atoms with E-state index in [9.17, 15) is 0 Å². The van der Waals surface area contributed by atoms with Crippen molar-refractivity contribution in [1.29, 1.82) is 0 Å². The summed E-state index contributed by atoms with van der Waals surface area (Å²) in [5, 5.41) is 0. The summed E-state index contributed by atoms with van der Waals surface area (Å²) in [5.74, 6) is 0. The number of nitrogens with zero attached hydrogens (tertiary/aromatic N) is 1. The molecule has 0 bridgehead atoms. The van der Waals surface area contributed by atoms with E-state index < -0.39 is 0 Å². The molecular formula is C14H18LiN. The number of hydrogen-bond acceptors (Lipinski definition) is 1. The molecule has 1 unspecified atom stereocenters. The second-order valence-electron chi connectivity index (χ2n) is 4.15. The Hall–Kier alpha value is -0.743. The fraction of sp³-hybridized carbons (Fsp3) is 0.286. The van der Waals surface area contributed by atoms with Crippen molar-refractivity contribution < 1.29 is 0 Å². The van der Waals surface area contributed by atoms with Crippen LogP contribution in [0.1, 0.15) is 18.0 Å². The Kier molecular flexibility index (Phi) is 5.08. The SMILES string of the molecule is CN(C)C(C1=CC=CC1)c1ccccc1.[LiH]. The van der Waals surface area contributed by atoms with Gasteiger partial charge in [0, 0.05) is 0 Å². The van der Waals surface area contributed by atoms with Gasteiger partial charge in [-0.3, -0.25) is 4.90 Å². The molecule has 0 aliphatic heterocycles. The number of allylic oxidation sites excluding steroid dienone is 3. The molecule has 2 heteroatoms. The quantitative estimate of drug-likeness (QED) is 0.688. The standard InChI is InChI=1S/C14H17N.Li.H/c1-15(2)14(13-10-6-7-11-13)12-8-4-3-5-9-12;;/h3-10,14H,11H2,1-2H3;;. The fourth-order valence-electron chi connectivity index (χ4n) is 2.15. The second kappa shape index (κ2) is 6.11. The molecule has 16 heavy (non-hydrogen) atoms. The average molecular weight is 207 g/mol. The minimum atomic E-state index is 0. The zero-order chi connectivity index (χ0) is 10.7. The summed E-state index contributed by atoms with van der Waals surface area (Å²) in [6.45, 7) is 0. The van der Waals surface area contributed by atoms with Gasteiger partial charge in [-0.25, -0.2) is 0 Å². The number of likely N-dealkylation sites (N-methyl/N-ethyl adjacent to an activating group) is 1. The van der Waals surface area contributed by atoms with Crippen LogP contribution in [0.15, 0.2) is 54.1 Å². The summed E-state index contributed by atoms with van der Waals surface area (Å²) < 4.78 is 0. The van der Waals surface area contributed by atoms with E-state index >= 15 is 0 Å². The van der Waals surface area contributed by atoms with Gasteiger partial charge in [-0.05, 0) is 31.7 Å². The van der Waals surface area contributed by atoms with Crippen LogP contribution < -0.4 is 0 Å². The molecule has 0 N–H and O–H groups in total. The monoisotopic (exact) mass is 207 g/mol. The van der Waals surface area contributed by atoms with E-state index in [-0.39, 0.29) is 18.9 Å². The molecule has 0 amide bonds. The number of benzene rings is 1. The van der Waals surface area contributed by atoms with Crippen molar-refractivity contribution in [3.8, 4) is 0 Å². The third-order valence-electron chi connectivity index (χ3n) is 2.78. The third kappa shape index (κ3) is 2.89. The maximum atomic E-state index is 2.27. The molecule has 0 heterocycles. The first-order valence-corrected chi connectivity index (χ1v) is 5.36. The fourth-order valence-corrected chi connectivity index (χ4v) is 2.15. The summed E-state index contributed by atoms with van der Waals surface area (Å²) in [6, 6.07) is 11.1. The molecule has 0 fully saturated rings. The summed E-state index contributed by atoms with van der Waals surface area (Å²) >= 11 is 0. The molecule has 1 nitrogen and oxygen atoms in total. The topological polar surface area (TPSA) is 3.24 Å². The van der Waals surface area contributed by atoms with Crippen molar-refractivity contribution in [1.82, 2.24) is 4.90 Å². The van der Waals surface area contributed by atoms with Gasteiger partial charge in [0.25, 0.3) is 0 Å². The van der Waals surface area contributed by atoms with Gasteiger partial charge in [-0.2, -0.15) is 0 Å². The van der Waals surface area contributed by atoms with Gasteiger partial charge in [0.05, 0.1) is 6.04 Å². The molecule has 0 radical (unpaired) electrons. The van der Waals surface area contributed by atoms with Gasteiger partial charge in [0.2, 0.25) is 0 Å². The predicted molar refractivity (Wildman–Crippen MR) is 71.9 cm³/mol. The van der Waals surface area contributed by atoms with Crippen LogP contribution in [-0.2, 0) is 0 Å². The van der Waals surface area contributed by atoms with E-state index in [2.05, 4.69) is 67.6 Å². The van der Waals surface area contributed by atoms with Crippen LogP contribution in [0, 0.1) is 0 Å². The molecule has 1 aromatic rings. The van der Waals surface area contributed by atoms with Gasteiger partial charge in [0.15, 0.2) is 0 Å². The molecule has 0 saturated heterocycles. The van der Waals surface area contributed by atoms with Crippen LogP contribution in [0.2, 0.25) is 0 Å². The Labute approximate surface area is 110 Å². The van der Waals surface area contributed by atoms with Crippen molar-refractivity contribution in [2.24, 2.45) is 0 Å². The van der Waals surface area contributed by atoms with Crippen LogP contribution in [0.4, 0.5) is 0 Å². The van der Waals surface area contributed by atoms with Gasteiger partial charge in [0.1, 0.15) is 0 Å². The summed E-state index contributed by atoms with van der Waals surface area (Å²) in [7, 11) is 4.27. The second-order valence-corrected chi connectivity index (χ2v) is 4.15. The van der Waals surface area contributed by atoms with Gasteiger partial charge in [-0.1, -0.05) is 48.6 Å². The van der Waals surface area contributed by atoms with E-state index in [1.807, 2.05) is 0 Å². The zero-order valence-electron chi connectivity index (χ0n) is 9.35. The van der Waals surface area contributed by atoms with Crippen molar-refractivity contribution in [2.45, 2.75) is 12.5 Å². The van der Waals surface area contributed by atoms with E-state index in [0.717, 1.165) is 6.42 Å². The molecule has 1 aliphatic rings. The van der Waals surface area contributed by atoms with E-state index in [0.29, 0.717) is 6.04 Å². The normalized spacial score (nSPS) is 15.8. The molecule has 0 spiro atoms. The summed E-state index contributed by atoms with van der Waals surface area (Å²) in [5.41, 5.74) is 2.85. The Morgan fingerprint density at radius 3 is 2.31 bits per heavy atom. The summed E-state index contributed by atoms with van der Waals surface area (Å²) in [6.07, 6.45) is 7.68. The molecule has 80 valence electrons. The van der Waals surface area contributed by atoms with Crippen LogP contribution in [0.5, 0.6) is 0 Å². The molecular weight excluding hydrogens is 189 g/mol. The van der Waals surface area contributed by atoms with Crippen molar-refractivity contribution >= 4 is 18.9 Å². The Bertz CT molecular complexity index is 379. The summed E-state index contributed by atoms with van der Waals surface area (Å²) in [4.78, 5) is 2.27. The molecule has 1 atom stereocenters. The number of hydrogen-bond donors (Lipinski definition) is 0. The molecule has 0 aromatic heterocycles. The van der Waals surface area contributed by atoms with E-state index in [1.165, 1.54) is 11.1 Å². The van der Waals surface area contributed by atoms with Crippen LogP contribution in [0.3, 0.4) is 0 Å². The first-order chi connectivity index (χ1) is 7.29. The Balaban J connectivity index is 0.00000128. The Morgan fingerprint density at radius 2 is 1.81 bits per heavy atom. The molecule has 1 aliphatic carbocycles. The maximum absolute atomic E-state index is 2.27. The van der Waals surface area contributed by atoms with Crippen molar-refractivity contribution in [3.63, 3.8) is 0 Å². The average Bonchev–Trinajstić information content (AvgIpc) is 2.72. The van der Waals surface area contributed by atoms with Crippen LogP contribution in [0.25, 0.3) is 0 Å². The molecule has 1 aromatic carbocycles. The predicted octanol–water partition coefficient (Wildman–Crippen LogP) is 2.53. The van der Waals surface area contributed by atoms with E-state index in [4.69, 9.17) is 0 Å². The number of rotatable bonds is 3. The van der Waals surface area contributed by atoms with Crippen molar-refractivity contribution in [2.75, 3.05) is 14.1 Å². The first-order valence-electron chi connectivity index (χ1n) is 5.36. The van der Waals surface area contributed by atoms with Gasteiger partial charge >= 0.3 is 18.9 Å². The zero-order valence-corrected chi connectivity index (χ0v) is 9.35. The van der Waals surface area contributed by atoms with Crippen LogP contribution in [-0.4, -0.2) is 37.9 Å². The Morgan fingerprint density at radius 1 is 1.12 bits per heavy atom. The van der Waals surface area contributed by atoms with Gasteiger partial charge in [-0.15, -0.1) is 0 Å². The van der Waals surface area contributed by atoms with Crippen LogP contribution >= 0.6 is 0 Å². The third-order valence-corrected chi connectivity index (χ3v) is 2.78. The van der Waals surface area contributed by atoms with Gasteiger partial charge < -0.3 is 0 Å². The molecule has 0 saturated carbocycles. The minimum absolute atomic E-state index is 0. The molecule has 2 rings (SSSR count). The van der Waals surface area contributed by atoms with Crippen molar-refractivity contribution in [3.05, 3.63) is 59.7 Å². The first kappa shape index (κ1) is 13.3. The van der Waals surface area contributed by atoms with E-state index in [1.54, 1.807) is 0 Å².